The van der Waals surface area contributed by atoms with E-state index in [9.17, 15) is 14.4 Å². The third-order valence-electron chi connectivity index (χ3n) is 4.32. The maximum atomic E-state index is 12.6. The van der Waals surface area contributed by atoms with Crippen molar-refractivity contribution >= 4 is 29.0 Å². The Hall–Kier alpha value is -3.35. The van der Waals surface area contributed by atoms with Gasteiger partial charge in [0.1, 0.15) is 5.75 Å². The average molecular weight is 367 g/mol. The monoisotopic (exact) mass is 367 g/mol. The molecule has 0 spiro atoms. The molecule has 0 saturated carbocycles. The highest BCUT2D eigenvalue weighted by Crippen LogP contribution is 2.33. The summed E-state index contributed by atoms with van der Waals surface area (Å²) >= 11 is 0. The molecule has 2 aromatic carbocycles. The van der Waals surface area contributed by atoms with Gasteiger partial charge in [-0.25, -0.2) is 0 Å². The molecule has 0 aliphatic carbocycles. The van der Waals surface area contributed by atoms with Crippen LogP contribution in [0.4, 0.5) is 11.4 Å². The highest BCUT2D eigenvalue weighted by Gasteiger charge is 2.31. The number of anilines is 2. The van der Waals surface area contributed by atoms with Crippen LogP contribution in [0, 0.1) is 0 Å². The molecule has 3 rings (SSSR count). The van der Waals surface area contributed by atoms with E-state index in [0.717, 1.165) is 5.69 Å². The number of carbonyl (C=O) groups is 3. The van der Waals surface area contributed by atoms with E-state index in [-0.39, 0.29) is 30.7 Å². The zero-order chi connectivity index (χ0) is 19.4. The number of carbonyl (C=O) groups excluding carboxylic acids is 3. The molecular formula is C20H21N3O4. The fraction of sp³-hybridized carbons (Fsp3) is 0.250. The maximum Gasteiger partial charge on any atom is 0.262 e. The SMILES string of the molecule is CNC(=O)C1CN(CC(=O)Nc2ccccc2C(C)=O)c2ccccc2O1. The van der Waals surface area contributed by atoms with Gasteiger partial charge in [0.25, 0.3) is 5.91 Å². The number of benzene rings is 2. The number of fused-ring (bicyclic) bond motifs is 1. The minimum Gasteiger partial charge on any atom is -0.477 e. The lowest BCUT2D eigenvalue weighted by Crippen LogP contribution is -2.50. The molecule has 27 heavy (non-hydrogen) atoms. The molecule has 0 aromatic heterocycles. The lowest BCUT2D eigenvalue weighted by atomic mass is 10.1. The Morgan fingerprint density at radius 2 is 1.81 bits per heavy atom. The molecule has 0 fully saturated rings. The highest BCUT2D eigenvalue weighted by molar-refractivity contribution is 6.04. The molecule has 0 saturated heterocycles. The van der Waals surface area contributed by atoms with Crippen molar-refractivity contribution in [3.05, 3.63) is 54.1 Å². The molecule has 2 aromatic rings. The van der Waals surface area contributed by atoms with Crippen molar-refractivity contribution in [1.82, 2.24) is 5.32 Å². The van der Waals surface area contributed by atoms with Crippen LogP contribution >= 0.6 is 0 Å². The molecule has 0 bridgehead atoms. The lowest BCUT2D eigenvalue weighted by molar-refractivity contribution is -0.127. The fourth-order valence-corrected chi connectivity index (χ4v) is 3.02. The second kappa shape index (κ2) is 7.90. The van der Waals surface area contributed by atoms with Crippen molar-refractivity contribution in [2.75, 3.05) is 30.4 Å². The van der Waals surface area contributed by atoms with Gasteiger partial charge in [0.15, 0.2) is 11.9 Å². The van der Waals surface area contributed by atoms with Gasteiger partial charge in [-0.3, -0.25) is 14.4 Å². The number of rotatable bonds is 5. The van der Waals surface area contributed by atoms with Gasteiger partial charge in [-0.2, -0.15) is 0 Å². The van der Waals surface area contributed by atoms with Crippen molar-refractivity contribution in [1.29, 1.82) is 0 Å². The predicted octanol–water partition coefficient (Wildman–Crippen LogP) is 1.84. The van der Waals surface area contributed by atoms with Crippen LogP contribution in [-0.2, 0) is 9.59 Å². The Bertz CT molecular complexity index is 881. The van der Waals surface area contributed by atoms with Crippen molar-refractivity contribution in [3.63, 3.8) is 0 Å². The van der Waals surface area contributed by atoms with Gasteiger partial charge in [-0.05, 0) is 31.2 Å². The summed E-state index contributed by atoms with van der Waals surface area (Å²) in [7, 11) is 1.54. The summed E-state index contributed by atoms with van der Waals surface area (Å²) in [5, 5.41) is 5.36. The number of amides is 2. The van der Waals surface area contributed by atoms with E-state index in [2.05, 4.69) is 10.6 Å². The summed E-state index contributed by atoms with van der Waals surface area (Å²) in [5.41, 5.74) is 1.67. The summed E-state index contributed by atoms with van der Waals surface area (Å²) in [6.07, 6.45) is -0.706. The van der Waals surface area contributed by atoms with Crippen molar-refractivity contribution in [2.24, 2.45) is 0 Å². The number of Topliss-reactive ketones (excluding diaryl/α,β-unsaturated/α-hetero) is 1. The first-order valence-corrected chi connectivity index (χ1v) is 8.61. The molecule has 2 N–H and O–H groups in total. The van der Waals surface area contributed by atoms with Crippen LogP contribution in [0.5, 0.6) is 5.75 Å². The van der Waals surface area contributed by atoms with Crippen LogP contribution in [0.3, 0.4) is 0 Å². The van der Waals surface area contributed by atoms with E-state index in [4.69, 9.17) is 4.74 Å². The number of ketones is 1. The minimum absolute atomic E-state index is 0.0279. The van der Waals surface area contributed by atoms with Crippen LogP contribution in [0.2, 0.25) is 0 Å². The highest BCUT2D eigenvalue weighted by atomic mass is 16.5. The zero-order valence-electron chi connectivity index (χ0n) is 15.2. The van der Waals surface area contributed by atoms with Gasteiger partial charge in [-0.15, -0.1) is 0 Å². The van der Waals surface area contributed by atoms with E-state index >= 15 is 0 Å². The third-order valence-corrected chi connectivity index (χ3v) is 4.32. The Labute approximate surface area is 157 Å². The Kier molecular flexibility index (Phi) is 5.40. The number of hydrogen-bond acceptors (Lipinski definition) is 5. The molecular weight excluding hydrogens is 346 g/mol. The summed E-state index contributed by atoms with van der Waals surface area (Å²) in [5.74, 6) is -0.107. The number of para-hydroxylation sites is 3. The molecule has 1 heterocycles. The van der Waals surface area contributed by atoms with E-state index in [0.29, 0.717) is 17.0 Å². The van der Waals surface area contributed by atoms with Gasteiger partial charge in [-0.1, -0.05) is 24.3 Å². The molecule has 0 radical (unpaired) electrons. The maximum absolute atomic E-state index is 12.6. The van der Waals surface area contributed by atoms with E-state index < -0.39 is 6.10 Å². The number of hydrogen-bond donors (Lipinski definition) is 2. The van der Waals surface area contributed by atoms with Crippen molar-refractivity contribution < 1.29 is 19.1 Å². The van der Waals surface area contributed by atoms with E-state index in [1.54, 1.807) is 42.3 Å². The van der Waals surface area contributed by atoms with Crippen LogP contribution in [0.1, 0.15) is 17.3 Å². The first kappa shape index (κ1) is 18.4. The molecule has 1 aliphatic heterocycles. The normalized spacial score (nSPS) is 15.3. The van der Waals surface area contributed by atoms with Gasteiger partial charge in [0, 0.05) is 12.6 Å². The van der Waals surface area contributed by atoms with E-state index in [1.165, 1.54) is 6.92 Å². The Morgan fingerprint density at radius 1 is 1.11 bits per heavy atom. The molecule has 1 aliphatic rings. The van der Waals surface area contributed by atoms with Crippen molar-refractivity contribution in [3.8, 4) is 5.75 Å². The zero-order valence-corrected chi connectivity index (χ0v) is 15.2. The fourth-order valence-electron chi connectivity index (χ4n) is 3.02. The van der Waals surface area contributed by atoms with Crippen LogP contribution in [0.15, 0.2) is 48.5 Å². The number of nitrogens with zero attached hydrogens (tertiary/aromatic N) is 1. The summed E-state index contributed by atoms with van der Waals surface area (Å²) in [4.78, 5) is 38.1. The van der Waals surface area contributed by atoms with Gasteiger partial charge in [0.05, 0.1) is 24.5 Å². The van der Waals surface area contributed by atoms with Crippen LogP contribution < -0.4 is 20.3 Å². The Morgan fingerprint density at radius 3 is 2.56 bits per heavy atom. The smallest absolute Gasteiger partial charge is 0.262 e. The molecule has 1 atom stereocenters. The predicted molar refractivity (Wildman–Crippen MR) is 102 cm³/mol. The van der Waals surface area contributed by atoms with Crippen LogP contribution in [0.25, 0.3) is 0 Å². The topological polar surface area (TPSA) is 87.7 Å². The third kappa shape index (κ3) is 4.08. The van der Waals surface area contributed by atoms with Crippen LogP contribution in [-0.4, -0.2) is 43.8 Å². The number of ether oxygens (including phenoxy) is 1. The summed E-state index contributed by atoms with van der Waals surface area (Å²) in [6.45, 7) is 1.73. The quantitative estimate of drug-likeness (QED) is 0.788. The summed E-state index contributed by atoms with van der Waals surface area (Å²) < 4.78 is 5.74. The van der Waals surface area contributed by atoms with Gasteiger partial charge in [0.2, 0.25) is 5.91 Å². The van der Waals surface area contributed by atoms with Gasteiger partial charge < -0.3 is 20.3 Å². The number of nitrogens with one attached hydrogen (secondary N) is 2. The van der Waals surface area contributed by atoms with E-state index in [1.807, 2.05) is 18.2 Å². The van der Waals surface area contributed by atoms with Crippen molar-refractivity contribution in [2.45, 2.75) is 13.0 Å². The summed E-state index contributed by atoms with van der Waals surface area (Å²) in [6, 6.07) is 14.1. The second-order valence-electron chi connectivity index (χ2n) is 6.22. The Balaban J connectivity index is 1.79. The first-order chi connectivity index (χ1) is 13.0. The largest absolute Gasteiger partial charge is 0.477 e. The minimum atomic E-state index is -0.706. The molecule has 1 unspecified atom stereocenters. The van der Waals surface area contributed by atoms with Gasteiger partial charge >= 0.3 is 0 Å². The number of likely N-dealkylation sites (N-methyl/N-ethyl adjacent to an activating group) is 1. The first-order valence-electron chi connectivity index (χ1n) is 8.61. The average Bonchev–Trinajstić information content (AvgIpc) is 2.67. The molecule has 7 nitrogen and oxygen atoms in total. The molecule has 2 amide bonds. The standard InChI is InChI=1S/C20H21N3O4/c1-13(24)14-7-3-4-8-15(14)22-19(25)12-23-11-18(20(26)21-2)27-17-10-6-5-9-16(17)23/h3-10,18H,11-12H2,1-2H3,(H,21,26)(H,22,25). The molecule has 7 heteroatoms. The lowest BCUT2D eigenvalue weighted by Gasteiger charge is -2.35. The molecule has 140 valence electrons. The second-order valence-corrected chi connectivity index (χ2v) is 6.22.